The standard InChI is InChI=1S/C45H46F6O7/c1-41(2,38(53)56-23-36(44(46,47)48)45(49,50)51)24-43(5,40(55)58-35-19-26-10-11-30(35)18-26)25-42(3,4)39(54)57-34-17-16-28-13-15-32(21-33(28)22-34)37(52)31-14-12-27-8-6-7-9-29(27)20-31/h6-9,12-17,20-22,26,30,35-36H,10-11,18-19,23-25H2,1-5H3. The Balaban J connectivity index is 1.20. The number of carbonyl (C=O) groups excluding carboxylic acids is 4. The quantitative estimate of drug-likeness (QED) is 0.0574. The van der Waals surface area contributed by atoms with Gasteiger partial charge in [-0.15, -0.1) is 0 Å². The van der Waals surface area contributed by atoms with E-state index in [1.54, 1.807) is 42.5 Å². The molecule has 2 aliphatic carbocycles. The highest BCUT2D eigenvalue weighted by molar-refractivity contribution is 6.12. The molecular formula is C45H46F6O7. The molecular weight excluding hydrogens is 766 g/mol. The first-order valence-electron chi connectivity index (χ1n) is 19.3. The first-order chi connectivity index (χ1) is 26.9. The van der Waals surface area contributed by atoms with Crippen LogP contribution in [-0.4, -0.2) is 48.8 Å². The molecule has 0 amide bonds. The van der Waals surface area contributed by atoms with Crippen LogP contribution in [0.4, 0.5) is 26.3 Å². The topological polar surface area (TPSA) is 96.0 Å². The minimum Gasteiger partial charge on any atom is -0.464 e. The lowest BCUT2D eigenvalue weighted by molar-refractivity contribution is -0.293. The van der Waals surface area contributed by atoms with Crippen LogP contribution in [-0.2, 0) is 23.9 Å². The molecule has 7 nitrogen and oxygen atoms in total. The van der Waals surface area contributed by atoms with Gasteiger partial charge in [0.15, 0.2) is 11.7 Å². The SMILES string of the molecule is CC(C)(CC(C)(CC(C)(C)C(=O)Oc1ccc2ccc(C(=O)c3ccc4ccccc4c3)cc2c1)C(=O)OC1CC2CCC1C2)C(=O)OCC(C(F)(F)F)C(F)(F)F. The number of halogens is 6. The molecule has 0 spiro atoms. The molecule has 0 radical (unpaired) electrons. The molecule has 4 unspecified atom stereocenters. The molecule has 4 aromatic rings. The highest BCUT2D eigenvalue weighted by Gasteiger charge is 2.58. The van der Waals surface area contributed by atoms with Gasteiger partial charge in [0, 0.05) is 11.1 Å². The summed E-state index contributed by atoms with van der Waals surface area (Å²) in [5.41, 5.74) is -3.95. The van der Waals surface area contributed by atoms with Gasteiger partial charge in [-0.2, -0.15) is 26.3 Å². The third-order valence-corrected chi connectivity index (χ3v) is 11.7. The van der Waals surface area contributed by atoms with Crippen LogP contribution in [0.15, 0.2) is 78.9 Å². The van der Waals surface area contributed by atoms with E-state index in [0.717, 1.165) is 35.4 Å². The molecule has 4 atom stereocenters. The minimum absolute atomic E-state index is 0.145. The van der Waals surface area contributed by atoms with Gasteiger partial charge in [0.25, 0.3) is 0 Å². The van der Waals surface area contributed by atoms with Crippen molar-refractivity contribution in [2.45, 2.75) is 91.6 Å². The number of hydrogen-bond donors (Lipinski definition) is 0. The zero-order chi connectivity index (χ0) is 42.4. The molecule has 6 rings (SSSR count). The number of hydrogen-bond acceptors (Lipinski definition) is 7. The van der Waals surface area contributed by atoms with Crippen molar-refractivity contribution in [2.24, 2.45) is 34.0 Å². The Morgan fingerprint density at radius 3 is 1.76 bits per heavy atom. The van der Waals surface area contributed by atoms with E-state index in [9.17, 15) is 45.5 Å². The predicted molar refractivity (Wildman–Crippen MR) is 204 cm³/mol. The van der Waals surface area contributed by atoms with E-state index in [-0.39, 0.29) is 23.9 Å². The van der Waals surface area contributed by atoms with Gasteiger partial charge in [-0.3, -0.25) is 19.2 Å². The van der Waals surface area contributed by atoms with Crippen molar-refractivity contribution in [3.05, 3.63) is 90.0 Å². The van der Waals surface area contributed by atoms with Crippen molar-refractivity contribution >= 4 is 45.2 Å². The van der Waals surface area contributed by atoms with Crippen LogP contribution in [0.3, 0.4) is 0 Å². The lowest BCUT2D eigenvalue weighted by Crippen LogP contribution is -2.46. The van der Waals surface area contributed by atoms with Crippen molar-refractivity contribution < 1.29 is 59.7 Å². The number of alkyl halides is 6. The molecule has 2 fully saturated rings. The Morgan fingerprint density at radius 1 is 0.638 bits per heavy atom. The Kier molecular flexibility index (Phi) is 11.5. The van der Waals surface area contributed by atoms with E-state index >= 15 is 0 Å². The molecule has 0 heterocycles. The number of benzene rings is 4. The zero-order valence-corrected chi connectivity index (χ0v) is 32.9. The van der Waals surface area contributed by atoms with Crippen LogP contribution in [0, 0.1) is 34.0 Å². The molecule has 0 N–H and O–H groups in total. The van der Waals surface area contributed by atoms with Crippen LogP contribution in [0.1, 0.15) is 89.1 Å². The highest BCUT2D eigenvalue weighted by Crippen LogP contribution is 2.49. The number of ketones is 1. The van der Waals surface area contributed by atoms with Gasteiger partial charge in [-0.25, -0.2) is 0 Å². The second kappa shape index (κ2) is 15.7. The smallest absolute Gasteiger partial charge is 0.403 e. The Bertz CT molecular complexity index is 2210. The van der Waals surface area contributed by atoms with Crippen molar-refractivity contribution in [1.82, 2.24) is 0 Å². The van der Waals surface area contributed by atoms with E-state index in [1.807, 2.05) is 36.4 Å². The monoisotopic (exact) mass is 812 g/mol. The lowest BCUT2D eigenvalue weighted by Gasteiger charge is -2.39. The first kappa shape index (κ1) is 42.7. The normalized spacial score (nSPS) is 19.6. The first-order valence-corrected chi connectivity index (χ1v) is 19.3. The van der Waals surface area contributed by atoms with Gasteiger partial charge < -0.3 is 14.2 Å². The average molecular weight is 813 g/mol. The molecule has 2 bridgehead atoms. The van der Waals surface area contributed by atoms with Crippen molar-refractivity contribution in [3.63, 3.8) is 0 Å². The van der Waals surface area contributed by atoms with Gasteiger partial charge in [0.2, 0.25) is 0 Å². The summed E-state index contributed by atoms with van der Waals surface area (Å²) in [5, 5.41) is 3.31. The fourth-order valence-electron chi connectivity index (χ4n) is 8.81. The maximum absolute atomic E-state index is 14.1. The van der Waals surface area contributed by atoms with Crippen molar-refractivity contribution in [3.8, 4) is 5.75 Å². The third kappa shape index (κ3) is 9.34. The fraction of sp³-hybridized carbons (Fsp3) is 0.467. The van der Waals surface area contributed by atoms with Crippen molar-refractivity contribution in [2.75, 3.05) is 6.61 Å². The molecule has 2 saturated carbocycles. The van der Waals surface area contributed by atoms with Gasteiger partial charge in [-0.1, -0.05) is 54.6 Å². The summed E-state index contributed by atoms with van der Waals surface area (Å²) in [6, 6.07) is 23.3. The lowest BCUT2D eigenvalue weighted by atomic mass is 9.66. The number of rotatable bonds is 13. The van der Waals surface area contributed by atoms with Crippen molar-refractivity contribution in [1.29, 1.82) is 0 Å². The maximum atomic E-state index is 14.1. The molecule has 4 aromatic carbocycles. The summed E-state index contributed by atoms with van der Waals surface area (Å²) in [4.78, 5) is 54.8. The third-order valence-electron chi connectivity index (χ3n) is 11.7. The van der Waals surface area contributed by atoms with E-state index in [1.165, 1.54) is 34.6 Å². The molecule has 58 heavy (non-hydrogen) atoms. The molecule has 0 saturated heterocycles. The van der Waals surface area contributed by atoms with E-state index in [2.05, 4.69) is 4.74 Å². The Morgan fingerprint density at radius 2 is 1.19 bits per heavy atom. The maximum Gasteiger partial charge on any atom is 0.403 e. The number of carbonyl (C=O) groups is 4. The second-order valence-electron chi connectivity index (χ2n) is 17.5. The van der Waals surface area contributed by atoms with Crippen LogP contribution in [0.2, 0.25) is 0 Å². The molecule has 310 valence electrons. The zero-order valence-electron chi connectivity index (χ0n) is 32.9. The molecule has 13 heteroatoms. The minimum atomic E-state index is -5.71. The summed E-state index contributed by atoms with van der Waals surface area (Å²) < 4.78 is 95.8. The Labute approximate surface area is 332 Å². The second-order valence-corrected chi connectivity index (χ2v) is 17.5. The van der Waals surface area contributed by atoms with Gasteiger partial charge in [0.1, 0.15) is 18.5 Å². The van der Waals surface area contributed by atoms with E-state index in [0.29, 0.717) is 28.9 Å². The number of ether oxygens (including phenoxy) is 3. The van der Waals surface area contributed by atoms with Crippen LogP contribution >= 0.6 is 0 Å². The molecule has 0 aliphatic heterocycles. The molecule has 0 aromatic heterocycles. The largest absolute Gasteiger partial charge is 0.464 e. The predicted octanol–water partition coefficient (Wildman–Crippen LogP) is 11.0. The summed E-state index contributed by atoms with van der Waals surface area (Å²) in [6.45, 7) is 5.06. The number of esters is 3. The average Bonchev–Trinajstić information content (AvgIpc) is 3.76. The van der Waals surface area contributed by atoms with Crippen LogP contribution in [0.5, 0.6) is 5.75 Å². The summed E-state index contributed by atoms with van der Waals surface area (Å²) >= 11 is 0. The van der Waals surface area contributed by atoms with E-state index < -0.39 is 71.6 Å². The van der Waals surface area contributed by atoms with E-state index in [4.69, 9.17) is 9.47 Å². The van der Waals surface area contributed by atoms with Gasteiger partial charge >= 0.3 is 30.3 Å². The highest BCUT2D eigenvalue weighted by atomic mass is 19.4. The summed E-state index contributed by atoms with van der Waals surface area (Å²) in [6.07, 6.45) is -9.08. The Hall–Kier alpha value is -4.94. The summed E-state index contributed by atoms with van der Waals surface area (Å²) in [7, 11) is 0. The molecule has 2 aliphatic rings. The van der Waals surface area contributed by atoms with Gasteiger partial charge in [-0.05, 0) is 131 Å². The van der Waals surface area contributed by atoms with Crippen LogP contribution < -0.4 is 4.74 Å². The number of fused-ring (bicyclic) bond motifs is 4. The van der Waals surface area contributed by atoms with Crippen LogP contribution in [0.25, 0.3) is 21.5 Å². The fourth-order valence-corrected chi connectivity index (χ4v) is 8.81. The van der Waals surface area contributed by atoms with Gasteiger partial charge in [0.05, 0.1) is 16.2 Å². The summed E-state index contributed by atoms with van der Waals surface area (Å²) in [5.74, 6) is -6.27.